The first-order valence-corrected chi connectivity index (χ1v) is 10.8. The zero-order valence-corrected chi connectivity index (χ0v) is 17.7. The zero-order valence-electron chi connectivity index (χ0n) is 17.0. The molecule has 0 spiro atoms. The molecule has 1 aliphatic heterocycles. The Balaban J connectivity index is 1.44. The first-order valence-electron chi connectivity index (χ1n) is 10.4. The van der Waals surface area contributed by atoms with Gasteiger partial charge in [-0.25, -0.2) is 0 Å². The summed E-state index contributed by atoms with van der Waals surface area (Å²) in [5.41, 5.74) is 3.64. The number of hydrogen-bond donors (Lipinski definition) is 0. The van der Waals surface area contributed by atoms with Gasteiger partial charge in [-0.05, 0) is 43.1 Å². The molecule has 29 heavy (non-hydrogen) atoms. The van der Waals surface area contributed by atoms with Gasteiger partial charge in [0.25, 0.3) is 0 Å². The van der Waals surface area contributed by atoms with Crippen LogP contribution in [0.15, 0.2) is 54.7 Å². The number of hydrogen-bond acceptors (Lipinski definition) is 2. The minimum atomic E-state index is 0.290. The Kier molecular flexibility index (Phi) is 6.22. The van der Waals surface area contributed by atoms with Crippen molar-refractivity contribution in [1.29, 1.82) is 0 Å². The summed E-state index contributed by atoms with van der Waals surface area (Å²) in [6.07, 6.45) is 4.64. The summed E-state index contributed by atoms with van der Waals surface area (Å²) in [4.78, 5) is 16.8. The quantitative estimate of drug-likeness (QED) is 0.602. The molecule has 1 aromatic heterocycles. The van der Waals surface area contributed by atoms with Crippen molar-refractivity contribution in [3.63, 3.8) is 0 Å². The Morgan fingerprint density at radius 1 is 0.966 bits per heavy atom. The summed E-state index contributed by atoms with van der Waals surface area (Å²) in [7, 11) is 2.11. The van der Waals surface area contributed by atoms with Crippen molar-refractivity contribution < 1.29 is 4.79 Å². The van der Waals surface area contributed by atoms with Crippen LogP contribution in [0, 0.1) is 0 Å². The lowest BCUT2D eigenvalue weighted by atomic mass is 10.1. The molecule has 1 saturated heterocycles. The van der Waals surface area contributed by atoms with Gasteiger partial charge in [-0.3, -0.25) is 4.79 Å². The van der Waals surface area contributed by atoms with Crippen LogP contribution in [-0.4, -0.2) is 53.5 Å². The molecule has 5 heteroatoms. The van der Waals surface area contributed by atoms with Crippen LogP contribution in [0.3, 0.4) is 0 Å². The Hall–Kier alpha value is -2.30. The van der Waals surface area contributed by atoms with E-state index in [9.17, 15) is 4.79 Å². The van der Waals surface area contributed by atoms with E-state index in [0.29, 0.717) is 6.42 Å². The molecule has 152 valence electrons. The molecule has 3 aromatic rings. The van der Waals surface area contributed by atoms with E-state index in [2.05, 4.69) is 53.0 Å². The molecule has 4 rings (SSSR count). The van der Waals surface area contributed by atoms with Gasteiger partial charge in [0.05, 0.1) is 0 Å². The molecule has 1 aliphatic rings. The number of benzene rings is 2. The van der Waals surface area contributed by atoms with Crippen LogP contribution >= 0.6 is 11.6 Å². The fourth-order valence-corrected chi connectivity index (χ4v) is 4.30. The third-order valence-corrected chi connectivity index (χ3v) is 6.23. The molecule has 2 aromatic carbocycles. The van der Waals surface area contributed by atoms with Crippen LogP contribution in [0.5, 0.6) is 0 Å². The van der Waals surface area contributed by atoms with E-state index in [1.165, 1.54) is 16.5 Å². The molecule has 2 heterocycles. The van der Waals surface area contributed by atoms with Gasteiger partial charge in [-0.1, -0.05) is 48.0 Å². The van der Waals surface area contributed by atoms with Crippen molar-refractivity contribution in [3.05, 3.63) is 70.9 Å². The predicted molar refractivity (Wildman–Crippen MR) is 120 cm³/mol. The number of para-hydroxylation sites is 1. The van der Waals surface area contributed by atoms with E-state index in [0.717, 1.165) is 56.2 Å². The molecule has 0 aliphatic carbocycles. The van der Waals surface area contributed by atoms with Crippen LogP contribution in [-0.2, 0) is 17.8 Å². The van der Waals surface area contributed by atoms with E-state index in [4.69, 9.17) is 11.6 Å². The molecule has 0 N–H and O–H groups in total. The molecule has 0 radical (unpaired) electrons. The summed E-state index contributed by atoms with van der Waals surface area (Å²) in [6.45, 7) is 4.40. The van der Waals surface area contributed by atoms with Crippen LogP contribution in [0.1, 0.15) is 24.0 Å². The Bertz CT molecular complexity index is 989. The average Bonchev–Trinajstić information content (AvgIpc) is 3.08. The lowest BCUT2D eigenvalue weighted by molar-refractivity contribution is -0.132. The minimum absolute atomic E-state index is 0.290. The molecule has 1 fully saturated rings. The van der Waals surface area contributed by atoms with Gasteiger partial charge in [0.1, 0.15) is 0 Å². The summed E-state index contributed by atoms with van der Waals surface area (Å²) in [5, 5.41) is 2.07. The number of fused-ring (bicyclic) bond motifs is 1. The second-order valence-corrected chi connectivity index (χ2v) is 8.34. The maximum absolute atomic E-state index is 12.5. The molecule has 0 saturated carbocycles. The lowest BCUT2D eigenvalue weighted by Crippen LogP contribution is -2.47. The van der Waals surface area contributed by atoms with E-state index in [1.807, 2.05) is 23.1 Å². The van der Waals surface area contributed by atoms with Gasteiger partial charge < -0.3 is 14.4 Å². The summed E-state index contributed by atoms with van der Waals surface area (Å²) in [5.74, 6) is 0.290. The number of nitrogens with zero attached hydrogens (tertiary/aromatic N) is 3. The van der Waals surface area contributed by atoms with E-state index < -0.39 is 0 Å². The van der Waals surface area contributed by atoms with E-state index in [-0.39, 0.29) is 5.91 Å². The third kappa shape index (κ3) is 4.65. The minimum Gasteiger partial charge on any atom is -0.343 e. The number of amides is 1. The SMILES string of the molecule is CN1CCN(C(=O)CCCc2cn(Cc3ccccc3Cl)c3ccccc23)CC1. The number of aryl methyl sites for hydroxylation is 1. The predicted octanol–water partition coefficient (Wildman–Crippen LogP) is 4.44. The van der Waals surface area contributed by atoms with Crippen LogP contribution in [0.25, 0.3) is 10.9 Å². The van der Waals surface area contributed by atoms with Gasteiger partial charge in [0.15, 0.2) is 0 Å². The molecule has 0 unspecified atom stereocenters. The third-order valence-electron chi connectivity index (χ3n) is 5.86. The van der Waals surface area contributed by atoms with Gasteiger partial charge in [0, 0.05) is 61.3 Å². The van der Waals surface area contributed by atoms with Crippen LogP contribution < -0.4 is 0 Å². The number of rotatable bonds is 6. The number of carbonyl (C=O) groups excluding carboxylic acids is 1. The second-order valence-electron chi connectivity index (χ2n) is 7.93. The number of piperazine rings is 1. The molecule has 4 nitrogen and oxygen atoms in total. The zero-order chi connectivity index (χ0) is 20.2. The first-order chi connectivity index (χ1) is 14.1. The first kappa shape index (κ1) is 20.0. The smallest absolute Gasteiger partial charge is 0.222 e. The van der Waals surface area contributed by atoms with Crippen molar-refractivity contribution in [2.24, 2.45) is 0 Å². The van der Waals surface area contributed by atoms with Crippen LogP contribution in [0.2, 0.25) is 5.02 Å². The average molecular weight is 410 g/mol. The van der Waals surface area contributed by atoms with Crippen molar-refractivity contribution in [2.45, 2.75) is 25.8 Å². The molecular weight excluding hydrogens is 382 g/mol. The largest absolute Gasteiger partial charge is 0.343 e. The highest BCUT2D eigenvalue weighted by atomic mass is 35.5. The summed E-state index contributed by atoms with van der Waals surface area (Å²) in [6, 6.07) is 16.5. The van der Waals surface area contributed by atoms with Gasteiger partial charge in [0.2, 0.25) is 5.91 Å². The fourth-order valence-electron chi connectivity index (χ4n) is 4.11. The van der Waals surface area contributed by atoms with Crippen molar-refractivity contribution in [3.8, 4) is 0 Å². The summed E-state index contributed by atoms with van der Waals surface area (Å²) < 4.78 is 2.27. The highest BCUT2D eigenvalue weighted by Crippen LogP contribution is 2.25. The topological polar surface area (TPSA) is 28.5 Å². The number of halogens is 1. The fraction of sp³-hybridized carbons (Fsp3) is 0.375. The van der Waals surface area contributed by atoms with Crippen molar-refractivity contribution >= 4 is 28.4 Å². The maximum Gasteiger partial charge on any atom is 0.222 e. The Morgan fingerprint density at radius 3 is 2.48 bits per heavy atom. The summed E-state index contributed by atoms with van der Waals surface area (Å²) >= 11 is 6.37. The van der Waals surface area contributed by atoms with E-state index in [1.54, 1.807) is 0 Å². The van der Waals surface area contributed by atoms with Gasteiger partial charge in [-0.2, -0.15) is 0 Å². The number of aromatic nitrogens is 1. The van der Waals surface area contributed by atoms with E-state index >= 15 is 0 Å². The lowest BCUT2D eigenvalue weighted by Gasteiger charge is -2.32. The number of likely N-dealkylation sites (N-methyl/N-ethyl adjacent to an activating group) is 1. The van der Waals surface area contributed by atoms with Crippen molar-refractivity contribution in [2.75, 3.05) is 33.2 Å². The maximum atomic E-state index is 12.5. The standard InChI is InChI=1S/C24H28ClN3O/c1-26-13-15-27(16-14-26)24(29)12-6-8-19-17-28(23-11-5-3-9-21(19)23)18-20-7-2-4-10-22(20)25/h2-5,7,9-11,17H,6,8,12-16,18H2,1H3. The van der Waals surface area contributed by atoms with Gasteiger partial charge >= 0.3 is 0 Å². The molecule has 0 bridgehead atoms. The highest BCUT2D eigenvalue weighted by molar-refractivity contribution is 6.31. The molecule has 1 amide bonds. The van der Waals surface area contributed by atoms with Gasteiger partial charge in [-0.15, -0.1) is 0 Å². The normalized spacial score (nSPS) is 15.2. The Morgan fingerprint density at radius 2 is 1.69 bits per heavy atom. The van der Waals surface area contributed by atoms with Crippen LogP contribution in [0.4, 0.5) is 0 Å². The number of carbonyl (C=O) groups is 1. The molecular formula is C24H28ClN3O. The Labute approximate surface area is 177 Å². The monoisotopic (exact) mass is 409 g/mol. The highest BCUT2D eigenvalue weighted by Gasteiger charge is 2.18. The molecule has 0 atom stereocenters. The second kappa shape index (κ2) is 9.02. The van der Waals surface area contributed by atoms with Crippen molar-refractivity contribution in [1.82, 2.24) is 14.4 Å².